The summed E-state index contributed by atoms with van der Waals surface area (Å²) >= 11 is 0. The average Bonchev–Trinajstić information content (AvgIpc) is 2.68. The molecule has 2 aromatic rings. The SMILES string of the molecule is CCOC(=O)N1CCN(c2nccc(-c3ccc(C(F)(F)F)cc3)n2)CC1. The van der Waals surface area contributed by atoms with Crippen LogP contribution in [0.3, 0.4) is 0 Å². The fourth-order valence-corrected chi connectivity index (χ4v) is 2.80. The second-order valence-corrected chi connectivity index (χ2v) is 5.99. The van der Waals surface area contributed by atoms with Gasteiger partial charge in [0.25, 0.3) is 0 Å². The highest BCUT2D eigenvalue weighted by Gasteiger charge is 2.30. The lowest BCUT2D eigenvalue weighted by Gasteiger charge is -2.34. The first kappa shape index (κ1) is 18.9. The normalized spacial score (nSPS) is 15.0. The van der Waals surface area contributed by atoms with Gasteiger partial charge in [-0.05, 0) is 25.1 Å². The third kappa shape index (κ3) is 4.47. The molecule has 0 aliphatic carbocycles. The molecule has 27 heavy (non-hydrogen) atoms. The molecule has 1 fully saturated rings. The molecule has 1 aliphatic heterocycles. The molecule has 0 N–H and O–H groups in total. The number of carbonyl (C=O) groups is 1. The van der Waals surface area contributed by atoms with Gasteiger partial charge in [-0.15, -0.1) is 0 Å². The van der Waals surface area contributed by atoms with Crippen molar-refractivity contribution < 1.29 is 22.7 Å². The van der Waals surface area contributed by atoms with Crippen molar-refractivity contribution in [1.29, 1.82) is 0 Å². The number of hydrogen-bond acceptors (Lipinski definition) is 5. The summed E-state index contributed by atoms with van der Waals surface area (Å²) in [7, 11) is 0. The van der Waals surface area contributed by atoms with Crippen LogP contribution >= 0.6 is 0 Å². The molecule has 1 saturated heterocycles. The molecular weight excluding hydrogens is 361 g/mol. The van der Waals surface area contributed by atoms with E-state index in [1.54, 1.807) is 24.1 Å². The fourth-order valence-electron chi connectivity index (χ4n) is 2.80. The van der Waals surface area contributed by atoms with Crippen molar-refractivity contribution in [3.63, 3.8) is 0 Å². The first-order valence-electron chi connectivity index (χ1n) is 8.56. The number of carbonyl (C=O) groups excluding carboxylic acids is 1. The lowest BCUT2D eigenvalue weighted by molar-refractivity contribution is -0.137. The van der Waals surface area contributed by atoms with E-state index in [2.05, 4.69) is 9.97 Å². The summed E-state index contributed by atoms with van der Waals surface area (Å²) in [5.41, 5.74) is 0.425. The summed E-state index contributed by atoms with van der Waals surface area (Å²) in [4.78, 5) is 24.0. The molecule has 1 aromatic heterocycles. The van der Waals surface area contributed by atoms with Crippen LogP contribution in [-0.2, 0) is 10.9 Å². The molecule has 6 nitrogen and oxygen atoms in total. The molecule has 0 atom stereocenters. The number of anilines is 1. The summed E-state index contributed by atoms with van der Waals surface area (Å²) in [5, 5.41) is 0. The van der Waals surface area contributed by atoms with E-state index in [0.717, 1.165) is 12.1 Å². The fraction of sp³-hybridized carbons (Fsp3) is 0.389. The minimum Gasteiger partial charge on any atom is -0.450 e. The molecule has 0 bridgehead atoms. The highest BCUT2D eigenvalue weighted by Crippen LogP contribution is 2.30. The van der Waals surface area contributed by atoms with E-state index in [-0.39, 0.29) is 6.09 Å². The number of amides is 1. The molecule has 0 saturated carbocycles. The molecule has 9 heteroatoms. The molecule has 0 radical (unpaired) electrons. The van der Waals surface area contributed by atoms with Crippen molar-refractivity contribution in [2.75, 3.05) is 37.7 Å². The number of alkyl halides is 3. The number of rotatable bonds is 3. The maximum Gasteiger partial charge on any atom is 0.416 e. The number of aromatic nitrogens is 2. The second-order valence-electron chi connectivity index (χ2n) is 5.99. The number of hydrogen-bond donors (Lipinski definition) is 0. The average molecular weight is 380 g/mol. The Balaban J connectivity index is 1.70. The molecule has 1 aliphatic rings. The van der Waals surface area contributed by atoms with Crippen LogP contribution < -0.4 is 4.90 Å². The molecule has 1 amide bonds. The van der Waals surface area contributed by atoms with Crippen LogP contribution in [0.2, 0.25) is 0 Å². The molecule has 2 heterocycles. The Bertz CT molecular complexity index is 788. The van der Waals surface area contributed by atoms with Crippen molar-refractivity contribution in [2.45, 2.75) is 13.1 Å². The largest absolute Gasteiger partial charge is 0.450 e. The number of piperazine rings is 1. The Morgan fingerprint density at radius 1 is 1.11 bits per heavy atom. The van der Waals surface area contributed by atoms with Gasteiger partial charge in [-0.3, -0.25) is 0 Å². The van der Waals surface area contributed by atoms with E-state index in [1.165, 1.54) is 12.1 Å². The van der Waals surface area contributed by atoms with Crippen LogP contribution in [0, 0.1) is 0 Å². The van der Waals surface area contributed by atoms with Gasteiger partial charge in [0, 0.05) is 37.9 Å². The second kappa shape index (κ2) is 7.81. The number of benzene rings is 1. The maximum absolute atomic E-state index is 12.7. The van der Waals surface area contributed by atoms with E-state index in [1.807, 2.05) is 4.90 Å². The first-order chi connectivity index (χ1) is 12.9. The summed E-state index contributed by atoms with van der Waals surface area (Å²) in [6, 6.07) is 6.52. The minimum atomic E-state index is -4.37. The van der Waals surface area contributed by atoms with Crippen molar-refractivity contribution >= 4 is 12.0 Å². The zero-order valence-corrected chi connectivity index (χ0v) is 14.7. The van der Waals surface area contributed by atoms with E-state index < -0.39 is 11.7 Å². The zero-order chi connectivity index (χ0) is 19.4. The predicted molar refractivity (Wildman–Crippen MR) is 93.3 cm³/mol. The predicted octanol–water partition coefficient (Wildman–Crippen LogP) is 3.44. The topological polar surface area (TPSA) is 58.6 Å². The van der Waals surface area contributed by atoms with Gasteiger partial charge in [-0.2, -0.15) is 13.2 Å². The Morgan fingerprint density at radius 2 is 1.78 bits per heavy atom. The minimum absolute atomic E-state index is 0.331. The molecule has 0 spiro atoms. The van der Waals surface area contributed by atoms with Crippen LogP contribution in [0.25, 0.3) is 11.3 Å². The van der Waals surface area contributed by atoms with Gasteiger partial charge in [-0.1, -0.05) is 12.1 Å². The smallest absolute Gasteiger partial charge is 0.416 e. The highest BCUT2D eigenvalue weighted by atomic mass is 19.4. The zero-order valence-electron chi connectivity index (χ0n) is 14.7. The van der Waals surface area contributed by atoms with Crippen LogP contribution in [0.1, 0.15) is 12.5 Å². The van der Waals surface area contributed by atoms with Gasteiger partial charge in [0.15, 0.2) is 0 Å². The number of nitrogens with zero attached hydrogens (tertiary/aromatic N) is 4. The van der Waals surface area contributed by atoms with Crippen molar-refractivity contribution in [3.05, 3.63) is 42.1 Å². The molecule has 1 aromatic carbocycles. The summed E-state index contributed by atoms with van der Waals surface area (Å²) in [6.45, 7) is 4.18. The third-order valence-electron chi connectivity index (χ3n) is 4.24. The van der Waals surface area contributed by atoms with E-state index in [4.69, 9.17) is 4.74 Å². The van der Waals surface area contributed by atoms with Crippen molar-refractivity contribution in [3.8, 4) is 11.3 Å². The maximum atomic E-state index is 12.7. The highest BCUT2D eigenvalue weighted by molar-refractivity contribution is 5.68. The number of ether oxygens (including phenoxy) is 1. The van der Waals surface area contributed by atoms with Gasteiger partial charge in [0.1, 0.15) is 0 Å². The van der Waals surface area contributed by atoms with Gasteiger partial charge in [-0.25, -0.2) is 14.8 Å². The van der Waals surface area contributed by atoms with Crippen LogP contribution in [-0.4, -0.2) is 53.7 Å². The summed E-state index contributed by atoms with van der Waals surface area (Å²) < 4.78 is 43.1. The molecule has 3 rings (SSSR count). The van der Waals surface area contributed by atoms with Crippen LogP contribution in [0.15, 0.2) is 36.5 Å². The number of halogens is 3. The summed E-state index contributed by atoms with van der Waals surface area (Å²) in [5.74, 6) is 0.482. The van der Waals surface area contributed by atoms with E-state index >= 15 is 0 Å². The van der Waals surface area contributed by atoms with E-state index in [0.29, 0.717) is 50.0 Å². The standard InChI is InChI=1S/C18H19F3N4O2/c1-2-27-17(26)25-11-9-24(10-12-25)16-22-8-7-15(23-16)13-3-5-14(6-4-13)18(19,20)21/h3-8H,2,9-12H2,1H3. The Kier molecular flexibility index (Phi) is 5.48. The van der Waals surface area contributed by atoms with Crippen LogP contribution in [0.5, 0.6) is 0 Å². The lowest BCUT2D eigenvalue weighted by atomic mass is 10.1. The van der Waals surface area contributed by atoms with Gasteiger partial charge >= 0.3 is 12.3 Å². The molecule has 0 unspecified atom stereocenters. The lowest BCUT2D eigenvalue weighted by Crippen LogP contribution is -2.49. The molecule has 144 valence electrons. The van der Waals surface area contributed by atoms with Crippen LogP contribution in [0.4, 0.5) is 23.9 Å². The Morgan fingerprint density at radius 3 is 2.37 bits per heavy atom. The van der Waals surface area contributed by atoms with E-state index in [9.17, 15) is 18.0 Å². The molecular formula is C18H19F3N4O2. The third-order valence-corrected chi connectivity index (χ3v) is 4.24. The van der Waals surface area contributed by atoms with Gasteiger partial charge < -0.3 is 14.5 Å². The quantitative estimate of drug-likeness (QED) is 0.817. The Labute approximate surface area is 154 Å². The van der Waals surface area contributed by atoms with Crippen molar-refractivity contribution in [1.82, 2.24) is 14.9 Å². The van der Waals surface area contributed by atoms with Gasteiger partial charge in [0.05, 0.1) is 17.9 Å². The summed E-state index contributed by atoms with van der Waals surface area (Å²) in [6.07, 6.45) is -3.13. The van der Waals surface area contributed by atoms with Crippen molar-refractivity contribution in [2.24, 2.45) is 0 Å². The Hall–Kier alpha value is -2.84. The van der Waals surface area contributed by atoms with Gasteiger partial charge in [0.2, 0.25) is 5.95 Å². The monoisotopic (exact) mass is 380 g/mol. The first-order valence-corrected chi connectivity index (χ1v) is 8.56.